The summed E-state index contributed by atoms with van der Waals surface area (Å²) in [5.41, 5.74) is 4.99. The molecule has 0 aliphatic heterocycles. The van der Waals surface area contributed by atoms with E-state index in [2.05, 4.69) is 85.1 Å². The molecular weight excluding hydrogens is 1130 g/mol. The van der Waals surface area contributed by atoms with Crippen LogP contribution in [0.4, 0.5) is 0 Å². The molecule has 92 heavy (non-hydrogen) atoms. The molecule has 0 aromatic rings. The Kier molecular flexibility index (Phi) is 17.4. The second kappa shape index (κ2) is 24.2. The Bertz CT molecular complexity index is 3340. The van der Waals surface area contributed by atoms with Crippen LogP contribution < -0.4 is 0 Å². The second-order valence-corrected chi connectivity index (χ2v) is 35.0. The smallest absolute Gasteiger partial charge is 0.155 e. The average molecular weight is 1250 g/mol. The van der Waals surface area contributed by atoms with Crippen LogP contribution in [0.5, 0.6) is 0 Å². The summed E-state index contributed by atoms with van der Waals surface area (Å²) in [6.07, 6.45) is 61.6. The zero-order valence-electron chi connectivity index (χ0n) is 57.8. The molecule has 11 fully saturated rings. The lowest BCUT2D eigenvalue weighted by Gasteiger charge is -2.57. The van der Waals surface area contributed by atoms with Gasteiger partial charge in [0.15, 0.2) is 23.1 Å². The summed E-state index contributed by atoms with van der Waals surface area (Å²) in [6.45, 7) is 18.7. The minimum absolute atomic E-state index is 0.109. The molecule has 0 spiro atoms. The first-order valence-electron chi connectivity index (χ1n) is 37.3. The molecule has 16 aliphatic carbocycles. The predicted molar refractivity (Wildman–Crippen MR) is 365 cm³/mol. The normalized spacial score (nSPS) is 50.3. The van der Waals surface area contributed by atoms with E-state index in [4.69, 9.17) is 30.4 Å². The highest BCUT2D eigenvalue weighted by Gasteiger charge is 2.67. The van der Waals surface area contributed by atoms with Crippen LogP contribution in [0.1, 0.15) is 229 Å². The highest BCUT2D eigenvalue weighted by atomic mass is 16.5. The second-order valence-electron chi connectivity index (χ2n) is 35.0. The molecule has 0 bridgehead atoms. The molecule has 16 rings (SSSR count). The number of carbonyl (C=O) groups is 4. The van der Waals surface area contributed by atoms with Crippen molar-refractivity contribution in [3.63, 3.8) is 0 Å². The summed E-state index contributed by atoms with van der Waals surface area (Å²) in [5, 5.41) is 22.0. The molecule has 494 valence electrons. The van der Waals surface area contributed by atoms with Crippen LogP contribution in [0.2, 0.25) is 0 Å². The van der Waals surface area contributed by atoms with Crippen LogP contribution in [0.15, 0.2) is 58.2 Å². The van der Waals surface area contributed by atoms with Gasteiger partial charge in [-0.1, -0.05) is 94.6 Å². The molecule has 11 saturated carbocycles. The third-order valence-electron chi connectivity index (χ3n) is 31.8. The van der Waals surface area contributed by atoms with Crippen molar-refractivity contribution in [1.82, 2.24) is 0 Å². The Hall–Kier alpha value is -4.50. The summed E-state index contributed by atoms with van der Waals surface area (Å²) in [7, 11) is 1.80. The maximum absolute atomic E-state index is 11.9. The largest absolute Gasteiger partial charge is 0.377 e. The van der Waals surface area contributed by atoms with Gasteiger partial charge >= 0.3 is 0 Å². The van der Waals surface area contributed by atoms with E-state index >= 15 is 0 Å². The molecule has 2 N–H and O–H groups in total. The van der Waals surface area contributed by atoms with Gasteiger partial charge in [-0.25, -0.2) is 0 Å². The minimum atomic E-state index is -0.943. The zero-order valence-corrected chi connectivity index (χ0v) is 57.8. The zero-order chi connectivity index (χ0) is 65.4. The molecule has 27 atom stereocenters. The fourth-order valence-electron chi connectivity index (χ4n) is 27.3. The minimum Gasteiger partial charge on any atom is -0.377 e. The molecule has 0 aromatic carbocycles. The van der Waals surface area contributed by atoms with Crippen LogP contribution in [0.25, 0.3) is 0 Å². The van der Waals surface area contributed by atoms with E-state index < -0.39 is 11.2 Å². The number of hydrogen-bond donors (Lipinski definition) is 2. The molecule has 0 heterocycles. The van der Waals surface area contributed by atoms with E-state index in [0.717, 1.165) is 158 Å². The van der Waals surface area contributed by atoms with E-state index in [0.29, 0.717) is 112 Å². The van der Waals surface area contributed by atoms with Crippen molar-refractivity contribution < 1.29 is 34.1 Å². The van der Waals surface area contributed by atoms with E-state index in [9.17, 15) is 29.4 Å². The maximum atomic E-state index is 11.9. The molecule has 16 aliphatic rings. The Morgan fingerprint density at radius 3 is 1.34 bits per heavy atom. The number of terminal acetylenes is 4. The van der Waals surface area contributed by atoms with E-state index in [-0.39, 0.29) is 27.6 Å². The lowest BCUT2D eigenvalue weighted by atomic mass is 9.48. The SMILES string of the molecule is C#CC1CC[C@@H]2[C@H]3[C@@H](CC[C@]12C)[C@H]1CCC(=O)C=C1C[C@@H]3C.C#C[C@@]1(O)CC[C@@H]2[C@@H]3C(C)=CC4=CC(=O)CC[C@@H]4[C@@H]3CC[C@@]21C.C#C[C@@]1(O)CC[C@@H]2[C@H]3[C@@H](CC[C@@]21C)[C@H]1CCC(=O)C=C1C[C@@H]3C.C#C[C@@]1(OC)CC[C@@H]2[C@H]3[C@@H](CC[C@@]21C)[C@H]1CCC(=O)C=C1C[C@@H]3C. The average Bonchev–Trinajstić information content (AvgIpc) is 1.51. The molecule has 7 nitrogen and oxygen atoms in total. The number of fused-ring (bicyclic) bond motifs is 20. The molecular formula is C85H112O7. The van der Waals surface area contributed by atoms with Gasteiger partial charge in [-0.05, 0) is 302 Å². The summed E-state index contributed by atoms with van der Waals surface area (Å²) in [4.78, 5) is 47.3. The van der Waals surface area contributed by atoms with Gasteiger partial charge < -0.3 is 14.9 Å². The van der Waals surface area contributed by atoms with Gasteiger partial charge in [0.25, 0.3) is 0 Å². The van der Waals surface area contributed by atoms with Gasteiger partial charge in [-0.15, -0.1) is 31.6 Å². The van der Waals surface area contributed by atoms with Crippen molar-refractivity contribution in [2.75, 3.05) is 7.11 Å². The number of rotatable bonds is 1. The summed E-state index contributed by atoms with van der Waals surface area (Å²) >= 11 is 0. The van der Waals surface area contributed by atoms with Gasteiger partial charge in [0.2, 0.25) is 0 Å². The van der Waals surface area contributed by atoms with Crippen molar-refractivity contribution in [2.24, 2.45) is 140 Å². The monoisotopic (exact) mass is 1240 g/mol. The fourth-order valence-corrected chi connectivity index (χ4v) is 27.3. The highest BCUT2D eigenvalue weighted by Crippen LogP contribution is 2.70. The maximum Gasteiger partial charge on any atom is 0.155 e. The number of methoxy groups -OCH3 is 1. The van der Waals surface area contributed by atoms with Gasteiger partial charge in [0.1, 0.15) is 16.8 Å². The third-order valence-corrected chi connectivity index (χ3v) is 31.8. The van der Waals surface area contributed by atoms with Crippen molar-refractivity contribution in [1.29, 1.82) is 0 Å². The first-order valence-corrected chi connectivity index (χ1v) is 37.3. The van der Waals surface area contributed by atoms with Crippen LogP contribution in [0.3, 0.4) is 0 Å². The molecule has 1 unspecified atom stereocenters. The van der Waals surface area contributed by atoms with Crippen LogP contribution in [-0.4, -0.2) is 57.3 Å². The molecule has 0 radical (unpaired) electrons. The summed E-state index contributed by atoms with van der Waals surface area (Å²) in [6, 6.07) is 0. The van der Waals surface area contributed by atoms with Gasteiger partial charge in [0.05, 0.1) is 0 Å². The Labute approximate surface area is 554 Å². The van der Waals surface area contributed by atoms with Crippen LogP contribution in [-0.2, 0) is 23.9 Å². The van der Waals surface area contributed by atoms with Gasteiger partial charge in [-0.2, -0.15) is 0 Å². The third kappa shape index (κ3) is 10.1. The number of hydrogen-bond acceptors (Lipinski definition) is 7. The molecule has 0 aromatic heterocycles. The first-order chi connectivity index (χ1) is 43.8. The van der Waals surface area contributed by atoms with Crippen molar-refractivity contribution in [3.05, 3.63) is 58.2 Å². The van der Waals surface area contributed by atoms with E-state index in [1.807, 2.05) is 24.3 Å². The predicted octanol–water partition coefficient (Wildman–Crippen LogP) is 16.4. The topological polar surface area (TPSA) is 118 Å². The Morgan fingerprint density at radius 2 is 0.859 bits per heavy atom. The highest BCUT2D eigenvalue weighted by molar-refractivity contribution is 5.93. The fraction of sp³-hybridized carbons (Fsp3) is 0.741. The quantitative estimate of drug-likeness (QED) is 0.251. The number of ketones is 4. The first kappa shape index (κ1) is 66.1. The number of aliphatic hydroxyl groups is 2. The van der Waals surface area contributed by atoms with Crippen LogP contribution >= 0.6 is 0 Å². The van der Waals surface area contributed by atoms with Crippen molar-refractivity contribution in [2.45, 2.75) is 246 Å². The number of allylic oxidation sites excluding steroid dienone is 7. The van der Waals surface area contributed by atoms with Crippen molar-refractivity contribution in [3.8, 4) is 49.4 Å². The summed E-state index contributed by atoms with van der Waals surface area (Å²) < 4.78 is 5.96. The number of carbonyl (C=O) groups excluding carboxylic acids is 4. The van der Waals surface area contributed by atoms with E-state index in [1.54, 1.807) is 7.11 Å². The Balaban J connectivity index is 0.000000112. The standard InChI is InChI=1S/C22H30O2.C21H28O2.C21H26O2.C21H28O/c1-5-22(24-4)11-9-19-20-14(2)12-15-13-16(23)6-7-17(15)18(20)8-10-21(19,22)3;2*1-4-21(23)10-8-18-19-13(2)11-14-12-15(22)5-6-16(14)17(19)7-9-20(18,21)3;1-4-15-5-8-19-20-13(2)11-14-12-16(22)6-7-17(14)18(20)9-10-21(15,19)3/h1,13-14,17-20H,6-12H2,2-4H3;1,12-13,16-19,23H,5-11H2,2-3H3;1,11-12,16-19,23H,5-10H2,2-3H3;1,12-13,15,17-20H,5-11H2,2-3H3/t14-,17-,18-,19+,20+,21-,22+;13-,16-,17-,18+,19+,20-,21+;16-,17-,18+,19+,20-,21+;13-,15?,17-,18-,19+,20+,21+/m0000/s1. The van der Waals surface area contributed by atoms with E-state index in [1.165, 1.54) is 72.8 Å². The van der Waals surface area contributed by atoms with Gasteiger partial charge in [-0.3, -0.25) is 19.2 Å². The van der Waals surface area contributed by atoms with Crippen LogP contribution in [0, 0.1) is 189 Å². The lowest BCUT2D eigenvalue weighted by molar-refractivity contribution is -0.120. The van der Waals surface area contributed by atoms with Gasteiger partial charge in [0, 0.05) is 55.0 Å². The number of ether oxygens (including phenoxy) is 1. The molecule has 7 heteroatoms. The summed E-state index contributed by atoms with van der Waals surface area (Å²) in [5.74, 6) is 26.1. The van der Waals surface area contributed by atoms with Crippen molar-refractivity contribution >= 4 is 23.1 Å². The Morgan fingerprint density at radius 1 is 0.446 bits per heavy atom. The molecule has 0 amide bonds. The lowest BCUT2D eigenvalue weighted by Crippen LogP contribution is -2.54. The molecule has 0 saturated heterocycles.